The summed E-state index contributed by atoms with van der Waals surface area (Å²) in [5.74, 6) is -0.0390. The predicted octanol–water partition coefficient (Wildman–Crippen LogP) is 4.60. The third-order valence-electron chi connectivity index (χ3n) is 2.56. The van der Waals surface area contributed by atoms with Gasteiger partial charge in [-0.05, 0) is 30.2 Å². The molecule has 0 saturated carbocycles. The number of nitrogens with zero attached hydrogens (tertiary/aromatic N) is 1. The molecule has 0 aromatic heterocycles. The minimum Gasteiger partial charge on any atom is -0.293 e. The number of carbonyl (C=O) groups excluding carboxylic acids is 1. The van der Waals surface area contributed by atoms with Crippen LogP contribution in [0.25, 0.3) is 6.08 Å². The second-order valence-corrected chi connectivity index (χ2v) is 6.50. The lowest BCUT2D eigenvalue weighted by molar-refractivity contribution is -0.122. The predicted molar refractivity (Wildman–Crippen MR) is 86.6 cm³/mol. The number of rotatable bonds is 3. The fourth-order valence-corrected chi connectivity index (χ4v) is 3.29. The molecule has 1 amide bonds. The summed E-state index contributed by atoms with van der Waals surface area (Å²) in [5.41, 5.74) is 0.839. The van der Waals surface area contributed by atoms with E-state index in [-0.39, 0.29) is 5.91 Å². The number of amides is 1. The van der Waals surface area contributed by atoms with Crippen molar-refractivity contribution in [3.05, 3.63) is 38.7 Å². The molecule has 0 aliphatic carbocycles. The van der Waals surface area contributed by atoms with Crippen LogP contribution in [0.5, 0.6) is 0 Å². The average molecular weight is 332 g/mol. The Morgan fingerprint density at radius 2 is 2.11 bits per heavy atom. The lowest BCUT2D eigenvalue weighted by atomic mass is 10.2. The van der Waals surface area contributed by atoms with Gasteiger partial charge >= 0.3 is 0 Å². The van der Waals surface area contributed by atoms with E-state index in [0.717, 1.165) is 12.0 Å². The Morgan fingerprint density at radius 1 is 1.37 bits per heavy atom. The molecule has 100 valence electrons. The molecular formula is C13H11Cl2NOS2. The third kappa shape index (κ3) is 3.31. The highest BCUT2D eigenvalue weighted by Crippen LogP contribution is 2.33. The molecule has 1 aromatic rings. The lowest BCUT2D eigenvalue weighted by Crippen LogP contribution is -2.28. The summed E-state index contributed by atoms with van der Waals surface area (Å²) in [6.45, 7) is 2.67. The van der Waals surface area contributed by atoms with Crippen LogP contribution in [0.4, 0.5) is 0 Å². The zero-order valence-electron chi connectivity index (χ0n) is 10.2. The van der Waals surface area contributed by atoms with Gasteiger partial charge in [-0.15, -0.1) is 0 Å². The first kappa shape index (κ1) is 14.9. The SMILES string of the molecule is CCCN1C(=O)/C(=C/c2ccc(Cl)c(Cl)c2)SC1=S. The Labute approximate surface area is 131 Å². The maximum absolute atomic E-state index is 12.2. The first-order chi connectivity index (χ1) is 9.02. The van der Waals surface area contributed by atoms with Crippen molar-refractivity contribution in [3.8, 4) is 0 Å². The van der Waals surface area contributed by atoms with Gasteiger partial charge in [0, 0.05) is 6.54 Å². The number of thiocarbonyl (C=S) groups is 1. The summed E-state index contributed by atoms with van der Waals surface area (Å²) in [5, 5.41) is 0.969. The molecule has 19 heavy (non-hydrogen) atoms. The largest absolute Gasteiger partial charge is 0.293 e. The van der Waals surface area contributed by atoms with E-state index in [1.54, 1.807) is 23.1 Å². The Bertz CT molecular complexity index is 572. The Balaban J connectivity index is 2.27. The van der Waals surface area contributed by atoms with Gasteiger partial charge < -0.3 is 0 Å². The molecule has 1 aliphatic heterocycles. The molecule has 0 spiro atoms. The average Bonchev–Trinajstić information content (AvgIpc) is 2.62. The van der Waals surface area contributed by atoms with Crippen LogP contribution in [0.2, 0.25) is 10.0 Å². The lowest BCUT2D eigenvalue weighted by Gasteiger charge is -2.11. The summed E-state index contributed by atoms with van der Waals surface area (Å²) in [6, 6.07) is 5.26. The normalized spacial score (nSPS) is 17.6. The minimum absolute atomic E-state index is 0.0390. The molecule has 0 atom stereocenters. The van der Waals surface area contributed by atoms with Crippen molar-refractivity contribution >= 4 is 63.5 Å². The highest BCUT2D eigenvalue weighted by molar-refractivity contribution is 8.26. The highest BCUT2D eigenvalue weighted by atomic mass is 35.5. The fourth-order valence-electron chi connectivity index (χ4n) is 1.67. The van der Waals surface area contributed by atoms with Crippen LogP contribution in [0.1, 0.15) is 18.9 Å². The molecule has 2 nitrogen and oxygen atoms in total. The molecule has 6 heteroatoms. The van der Waals surface area contributed by atoms with E-state index in [0.29, 0.717) is 25.8 Å². The van der Waals surface area contributed by atoms with Gasteiger partial charge in [0.2, 0.25) is 0 Å². The van der Waals surface area contributed by atoms with E-state index in [9.17, 15) is 4.79 Å². The van der Waals surface area contributed by atoms with Gasteiger partial charge in [-0.3, -0.25) is 9.69 Å². The molecule has 1 aromatic carbocycles. The van der Waals surface area contributed by atoms with Gasteiger partial charge in [-0.25, -0.2) is 0 Å². The van der Waals surface area contributed by atoms with Crippen molar-refractivity contribution < 1.29 is 4.79 Å². The van der Waals surface area contributed by atoms with Gasteiger partial charge in [-0.1, -0.05) is 60.2 Å². The Hall–Kier alpha value is -0.550. The molecule has 1 saturated heterocycles. The number of hydrogen-bond donors (Lipinski definition) is 0. The third-order valence-corrected chi connectivity index (χ3v) is 4.68. The van der Waals surface area contributed by atoms with Crippen molar-refractivity contribution in [2.45, 2.75) is 13.3 Å². The molecule has 1 aliphatic rings. The van der Waals surface area contributed by atoms with Crippen LogP contribution < -0.4 is 0 Å². The minimum atomic E-state index is -0.0390. The standard InChI is InChI=1S/C13H11Cl2NOS2/c1-2-5-16-12(17)11(19-13(16)18)7-8-3-4-9(14)10(15)6-8/h3-4,6-7H,2,5H2,1H3/b11-7-. The zero-order valence-corrected chi connectivity index (χ0v) is 13.3. The van der Waals surface area contributed by atoms with E-state index >= 15 is 0 Å². The van der Waals surface area contributed by atoms with Gasteiger partial charge in [0.1, 0.15) is 4.32 Å². The number of thioether (sulfide) groups is 1. The number of carbonyl (C=O) groups is 1. The summed E-state index contributed by atoms with van der Waals surface area (Å²) in [6.07, 6.45) is 2.67. The van der Waals surface area contributed by atoms with Crippen molar-refractivity contribution in [3.63, 3.8) is 0 Å². The van der Waals surface area contributed by atoms with Crippen LogP contribution >= 0.6 is 47.2 Å². The van der Waals surface area contributed by atoms with Gasteiger partial charge in [-0.2, -0.15) is 0 Å². The number of benzene rings is 1. The van der Waals surface area contributed by atoms with Crippen LogP contribution in [0.15, 0.2) is 23.1 Å². The Kier molecular flexibility index (Phi) is 4.90. The summed E-state index contributed by atoms with van der Waals surface area (Å²) >= 11 is 18.3. The second kappa shape index (κ2) is 6.27. The van der Waals surface area contributed by atoms with Gasteiger partial charge in [0.25, 0.3) is 5.91 Å². The second-order valence-electron chi connectivity index (χ2n) is 4.01. The summed E-state index contributed by atoms with van der Waals surface area (Å²) in [4.78, 5) is 14.4. The first-order valence-corrected chi connectivity index (χ1v) is 7.71. The van der Waals surface area contributed by atoms with E-state index in [2.05, 4.69) is 0 Å². The molecule has 1 fully saturated rings. The van der Waals surface area contributed by atoms with Crippen molar-refractivity contribution in [1.29, 1.82) is 0 Å². The molecule has 0 radical (unpaired) electrons. The maximum Gasteiger partial charge on any atom is 0.266 e. The fraction of sp³-hybridized carbons (Fsp3) is 0.231. The monoisotopic (exact) mass is 331 g/mol. The van der Waals surface area contributed by atoms with E-state index in [4.69, 9.17) is 35.4 Å². The van der Waals surface area contributed by atoms with E-state index in [1.165, 1.54) is 11.8 Å². The highest BCUT2D eigenvalue weighted by Gasteiger charge is 2.31. The van der Waals surface area contributed by atoms with Crippen LogP contribution in [-0.2, 0) is 4.79 Å². The topological polar surface area (TPSA) is 20.3 Å². The summed E-state index contributed by atoms with van der Waals surface area (Å²) in [7, 11) is 0. The molecule has 0 bridgehead atoms. The van der Waals surface area contributed by atoms with Crippen molar-refractivity contribution in [1.82, 2.24) is 4.90 Å². The van der Waals surface area contributed by atoms with Crippen LogP contribution in [-0.4, -0.2) is 21.7 Å². The molecule has 1 heterocycles. The quantitative estimate of drug-likeness (QED) is 0.596. The maximum atomic E-state index is 12.2. The number of halogens is 2. The number of hydrogen-bond acceptors (Lipinski definition) is 3. The smallest absolute Gasteiger partial charge is 0.266 e. The van der Waals surface area contributed by atoms with Crippen molar-refractivity contribution in [2.24, 2.45) is 0 Å². The zero-order chi connectivity index (χ0) is 14.0. The molecule has 2 rings (SSSR count). The molecular weight excluding hydrogens is 321 g/mol. The van der Waals surface area contributed by atoms with Crippen molar-refractivity contribution in [2.75, 3.05) is 6.54 Å². The molecule has 0 N–H and O–H groups in total. The summed E-state index contributed by atoms with van der Waals surface area (Å²) < 4.78 is 0.609. The first-order valence-electron chi connectivity index (χ1n) is 5.73. The Morgan fingerprint density at radius 3 is 2.74 bits per heavy atom. The van der Waals surface area contributed by atoms with E-state index < -0.39 is 0 Å². The van der Waals surface area contributed by atoms with Gasteiger partial charge in [0.15, 0.2) is 0 Å². The van der Waals surface area contributed by atoms with Crippen LogP contribution in [0, 0.1) is 0 Å². The van der Waals surface area contributed by atoms with Crippen LogP contribution in [0.3, 0.4) is 0 Å². The molecule has 0 unspecified atom stereocenters. The van der Waals surface area contributed by atoms with Gasteiger partial charge in [0.05, 0.1) is 15.0 Å². The van der Waals surface area contributed by atoms with E-state index in [1.807, 2.05) is 13.0 Å².